The van der Waals surface area contributed by atoms with Crippen LogP contribution in [0.5, 0.6) is 0 Å². The van der Waals surface area contributed by atoms with Crippen molar-refractivity contribution in [2.24, 2.45) is 0 Å². The number of nitrogens with one attached hydrogen (secondary N) is 1. The quantitative estimate of drug-likeness (QED) is 0.864. The van der Waals surface area contributed by atoms with Crippen molar-refractivity contribution in [3.8, 4) is 0 Å². The monoisotopic (exact) mass is 253 g/mol. The highest BCUT2D eigenvalue weighted by Crippen LogP contribution is 2.22. The van der Waals surface area contributed by atoms with Crippen LogP contribution in [0.4, 0.5) is 5.69 Å². The van der Waals surface area contributed by atoms with Crippen molar-refractivity contribution >= 4 is 11.6 Å². The molecule has 0 bridgehead atoms. The molecule has 19 heavy (non-hydrogen) atoms. The Hall–Kier alpha value is -2.09. The number of amides is 1. The molecule has 0 aliphatic carbocycles. The summed E-state index contributed by atoms with van der Waals surface area (Å²) in [6, 6.07) is 15.3. The maximum atomic E-state index is 12.0. The average molecular weight is 253 g/mol. The van der Waals surface area contributed by atoms with E-state index >= 15 is 0 Å². The first-order valence-corrected chi connectivity index (χ1v) is 6.55. The zero-order chi connectivity index (χ0) is 13.8. The highest BCUT2D eigenvalue weighted by atomic mass is 16.1. The van der Waals surface area contributed by atoms with Crippen molar-refractivity contribution in [1.29, 1.82) is 0 Å². The zero-order valence-corrected chi connectivity index (χ0v) is 11.6. The third kappa shape index (κ3) is 3.22. The molecule has 0 spiro atoms. The lowest BCUT2D eigenvalue weighted by Gasteiger charge is -2.12. The summed E-state index contributed by atoms with van der Waals surface area (Å²) in [6.07, 6.45) is 0. The molecule has 2 aromatic carbocycles. The average Bonchev–Trinajstić information content (AvgIpc) is 2.39. The smallest absolute Gasteiger partial charge is 0.255 e. The lowest BCUT2D eigenvalue weighted by molar-refractivity contribution is 0.102. The van der Waals surface area contributed by atoms with Gasteiger partial charge in [0.05, 0.1) is 0 Å². The standard InChI is InChI=1S/C17H19NO/c1-12(2)16-10-9-15(11-13(16)3)18-17(19)14-7-5-4-6-8-14/h4-12H,1-3H3,(H,18,19). The van der Waals surface area contributed by atoms with Gasteiger partial charge in [-0.1, -0.05) is 38.1 Å². The van der Waals surface area contributed by atoms with Crippen LogP contribution >= 0.6 is 0 Å². The highest BCUT2D eigenvalue weighted by molar-refractivity contribution is 6.04. The summed E-state index contributed by atoms with van der Waals surface area (Å²) in [4.78, 5) is 12.0. The van der Waals surface area contributed by atoms with E-state index in [0.29, 0.717) is 11.5 Å². The maximum absolute atomic E-state index is 12.0. The van der Waals surface area contributed by atoms with Gasteiger partial charge in [-0.15, -0.1) is 0 Å². The van der Waals surface area contributed by atoms with E-state index in [9.17, 15) is 4.79 Å². The fourth-order valence-corrected chi connectivity index (χ4v) is 2.19. The predicted octanol–water partition coefficient (Wildman–Crippen LogP) is 4.37. The second-order valence-corrected chi connectivity index (χ2v) is 5.05. The van der Waals surface area contributed by atoms with Crippen molar-refractivity contribution in [3.63, 3.8) is 0 Å². The maximum Gasteiger partial charge on any atom is 0.255 e. The van der Waals surface area contributed by atoms with Gasteiger partial charge in [0.2, 0.25) is 0 Å². The zero-order valence-electron chi connectivity index (χ0n) is 11.6. The summed E-state index contributed by atoms with van der Waals surface area (Å²) < 4.78 is 0. The Morgan fingerprint density at radius 2 is 1.74 bits per heavy atom. The van der Waals surface area contributed by atoms with E-state index in [4.69, 9.17) is 0 Å². The minimum atomic E-state index is -0.0719. The molecule has 1 amide bonds. The van der Waals surface area contributed by atoms with Crippen molar-refractivity contribution in [1.82, 2.24) is 0 Å². The summed E-state index contributed by atoms with van der Waals surface area (Å²) in [7, 11) is 0. The Morgan fingerprint density at radius 1 is 1.05 bits per heavy atom. The first-order chi connectivity index (χ1) is 9.08. The first kappa shape index (κ1) is 13.3. The molecule has 2 nitrogen and oxygen atoms in total. The minimum Gasteiger partial charge on any atom is -0.322 e. The SMILES string of the molecule is Cc1cc(NC(=O)c2ccccc2)ccc1C(C)C. The predicted molar refractivity (Wildman–Crippen MR) is 79.7 cm³/mol. The normalized spacial score (nSPS) is 10.5. The molecule has 0 radical (unpaired) electrons. The van der Waals surface area contributed by atoms with E-state index in [-0.39, 0.29) is 5.91 Å². The van der Waals surface area contributed by atoms with Crippen molar-refractivity contribution < 1.29 is 4.79 Å². The summed E-state index contributed by atoms with van der Waals surface area (Å²) in [5.41, 5.74) is 4.04. The molecule has 0 fully saturated rings. The van der Waals surface area contributed by atoms with Gasteiger partial charge in [-0.2, -0.15) is 0 Å². The summed E-state index contributed by atoms with van der Waals surface area (Å²) in [5.74, 6) is 0.427. The van der Waals surface area contributed by atoms with E-state index in [1.807, 2.05) is 42.5 Å². The molecule has 2 rings (SSSR count). The Bertz CT molecular complexity index is 573. The molecule has 0 aromatic heterocycles. The van der Waals surface area contributed by atoms with E-state index < -0.39 is 0 Å². The van der Waals surface area contributed by atoms with Crippen LogP contribution in [-0.2, 0) is 0 Å². The topological polar surface area (TPSA) is 29.1 Å². The molecule has 0 aliphatic heterocycles. The summed E-state index contributed by atoms with van der Waals surface area (Å²) in [5, 5.41) is 2.93. The number of carbonyl (C=O) groups is 1. The van der Waals surface area contributed by atoms with Crippen LogP contribution in [0, 0.1) is 6.92 Å². The van der Waals surface area contributed by atoms with Crippen LogP contribution in [-0.4, -0.2) is 5.91 Å². The van der Waals surface area contributed by atoms with Crippen molar-refractivity contribution in [3.05, 3.63) is 65.2 Å². The van der Waals surface area contributed by atoms with Gasteiger partial charge < -0.3 is 5.32 Å². The number of carbonyl (C=O) groups excluding carboxylic acids is 1. The molecule has 0 saturated carbocycles. The summed E-state index contributed by atoms with van der Waals surface area (Å²) in [6.45, 7) is 6.42. The molecular formula is C17H19NO. The Kier molecular flexibility index (Phi) is 4.00. The van der Waals surface area contributed by atoms with Gasteiger partial charge in [0.1, 0.15) is 0 Å². The van der Waals surface area contributed by atoms with Gasteiger partial charge in [0.15, 0.2) is 0 Å². The highest BCUT2D eigenvalue weighted by Gasteiger charge is 2.07. The fraction of sp³-hybridized carbons (Fsp3) is 0.235. The van der Waals surface area contributed by atoms with Gasteiger partial charge >= 0.3 is 0 Å². The molecule has 2 aromatic rings. The van der Waals surface area contributed by atoms with Gasteiger partial charge in [0, 0.05) is 11.3 Å². The number of rotatable bonds is 3. The van der Waals surface area contributed by atoms with Gasteiger partial charge in [-0.05, 0) is 48.2 Å². The molecule has 0 heterocycles. The second-order valence-electron chi connectivity index (χ2n) is 5.05. The van der Waals surface area contributed by atoms with Crippen LogP contribution in [0.2, 0.25) is 0 Å². The van der Waals surface area contributed by atoms with E-state index in [2.05, 4.69) is 32.2 Å². The Morgan fingerprint density at radius 3 is 2.32 bits per heavy atom. The van der Waals surface area contributed by atoms with Crippen molar-refractivity contribution in [2.75, 3.05) is 5.32 Å². The molecule has 0 atom stereocenters. The number of hydrogen-bond acceptors (Lipinski definition) is 1. The van der Waals surface area contributed by atoms with Crippen LogP contribution in [0.1, 0.15) is 41.3 Å². The largest absolute Gasteiger partial charge is 0.322 e. The van der Waals surface area contributed by atoms with E-state index in [0.717, 1.165) is 5.69 Å². The second kappa shape index (κ2) is 5.70. The molecular weight excluding hydrogens is 234 g/mol. The number of aryl methyl sites for hydroxylation is 1. The van der Waals surface area contributed by atoms with Crippen molar-refractivity contribution in [2.45, 2.75) is 26.7 Å². The first-order valence-electron chi connectivity index (χ1n) is 6.55. The van der Waals surface area contributed by atoms with Gasteiger partial charge in [0.25, 0.3) is 5.91 Å². The Balaban J connectivity index is 2.16. The molecule has 98 valence electrons. The third-order valence-electron chi connectivity index (χ3n) is 3.19. The van der Waals surface area contributed by atoms with Gasteiger partial charge in [-0.3, -0.25) is 4.79 Å². The third-order valence-corrected chi connectivity index (χ3v) is 3.19. The van der Waals surface area contributed by atoms with E-state index in [1.165, 1.54) is 11.1 Å². The molecule has 0 unspecified atom stereocenters. The van der Waals surface area contributed by atoms with Crippen LogP contribution in [0.25, 0.3) is 0 Å². The van der Waals surface area contributed by atoms with Gasteiger partial charge in [-0.25, -0.2) is 0 Å². The number of anilines is 1. The molecule has 2 heteroatoms. The number of benzene rings is 2. The van der Waals surface area contributed by atoms with Crippen LogP contribution < -0.4 is 5.32 Å². The number of hydrogen-bond donors (Lipinski definition) is 1. The fourth-order valence-electron chi connectivity index (χ4n) is 2.19. The lowest BCUT2D eigenvalue weighted by atomic mass is 9.97. The molecule has 0 aliphatic rings. The lowest BCUT2D eigenvalue weighted by Crippen LogP contribution is -2.11. The van der Waals surface area contributed by atoms with Crippen LogP contribution in [0.3, 0.4) is 0 Å². The molecule has 0 saturated heterocycles. The Labute approximate surface area is 114 Å². The minimum absolute atomic E-state index is 0.0719. The molecule has 1 N–H and O–H groups in total. The summed E-state index contributed by atoms with van der Waals surface area (Å²) >= 11 is 0. The van der Waals surface area contributed by atoms with E-state index in [1.54, 1.807) is 0 Å². The van der Waals surface area contributed by atoms with Crippen LogP contribution in [0.15, 0.2) is 48.5 Å².